The van der Waals surface area contributed by atoms with Gasteiger partial charge < -0.3 is 15.2 Å². The summed E-state index contributed by atoms with van der Waals surface area (Å²) in [5.74, 6) is -0.542. The van der Waals surface area contributed by atoms with E-state index >= 15 is 0 Å². The molecule has 1 aliphatic rings. The Morgan fingerprint density at radius 3 is 2.76 bits per heavy atom. The van der Waals surface area contributed by atoms with E-state index in [1.54, 1.807) is 13.0 Å². The van der Waals surface area contributed by atoms with Crippen molar-refractivity contribution in [3.63, 3.8) is 0 Å². The minimum atomic E-state index is -1.01. The summed E-state index contributed by atoms with van der Waals surface area (Å²) in [5, 5.41) is 23.9. The molecule has 21 heavy (non-hydrogen) atoms. The number of carbonyl (C=O) groups is 1. The monoisotopic (exact) mass is 294 g/mol. The standard InChI is InChI=1S/C14H18N2O5/c1-10-3-2-4-11(16(19)20)12(10)13(17)15-9-14(18)5-7-21-8-6-14/h2-4,18H,5-9H2,1H3,(H,15,17). The van der Waals surface area contributed by atoms with Gasteiger partial charge >= 0.3 is 0 Å². The van der Waals surface area contributed by atoms with Gasteiger partial charge in [-0.05, 0) is 12.5 Å². The fraction of sp³-hybridized carbons (Fsp3) is 0.500. The molecule has 1 aromatic carbocycles. The zero-order valence-corrected chi connectivity index (χ0v) is 11.8. The van der Waals surface area contributed by atoms with Crippen molar-refractivity contribution < 1.29 is 19.6 Å². The van der Waals surface area contributed by atoms with Gasteiger partial charge in [0.2, 0.25) is 0 Å². The molecular weight excluding hydrogens is 276 g/mol. The lowest BCUT2D eigenvalue weighted by Gasteiger charge is -2.32. The Kier molecular flexibility index (Phi) is 4.54. The highest BCUT2D eigenvalue weighted by atomic mass is 16.6. The smallest absolute Gasteiger partial charge is 0.282 e. The second kappa shape index (κ2) is 6.19. The van der Waals surface area contributed by atoms with Crippen molar-refractivity contribution >= 4 is 11.6 Å². The van der Waals surface area contributed by atoms with Gasteiger partial charge in [-0.1, -0.05) is 12.1 Å². The number of benzene rings is 1. The number of carbonyl (C=O) groups excluding carboxylic acids is 1. The van der Waals surface area contributed by atoms with Crippen LogP contribution < -0.4 is 5.32 Å². The molecule has 1 fully saturated rings. The molecule has 0 spiro atoms. The number of aliphatic hydroxyl groups is 1. The Bertz CT molecular complexity index is 552. The Morgan fingerprint density at radius 2 is 2.14 bits per heavy atom. The normalized spacial score (nSPS) is 17.2. The minimum absolute atomic E-state index is 0.0400. The molecule has 2 rings (SSSR count). The first-order valence-corrected chi connectivity index (χ1v) is 6.75. The highest BCUT2D eigenvalue weighted by molar-refractivity contribution is 5.99. The van der Waals surface area contributed by atoms with E-state index < -0.39 is 16.4 Å². The van der Waals surface area contributed by atoms with Crippen molar-refractivity contribution in [3.8, 4) is 0 Å². The quantitative estimate of drug-likeness (QED) is 0.641. The number of hydrogen-bond acceptors (Lipinski definition) is 5. The van der Waals surface area contributed by atoms with Gasteiger partial charge in [0.1, 0.15) is 5.56 Å². The van der Waals surface area contributed by atoms with Crippen LogP contribution in [-0.4, -0.2) is 41.3 Å². The Labute approximate surface area is 122 Å². The molecule has 1 aliphatic heterocycles. The fourth-order valence-electron chi connectivity index (χ4n) is 2.36. The average molecular weight is 294 g/mol. The Balaban J connectivity index is 2.12. The summed E-state index contributed by atoms with van der Waals surface area (Å²) in [6, 6.07) is 4.48. The van der Waals surface area contributed by atoms with Crippen molar-refractivity contribution in [1.29, 1.82) is 0 Å². The SMILES string of the molecule is Cc1cccc([N+](=O)[O-])c1C(=O)NCC1(O)CCOCC1. The predicted octanol–water partition coefficient (Wildman–Crippen LogP) is 1.17. The maximum Gasteiger partial charge on any atom is 0.282 e. The summed E-state index contributed by atoms with van der Waals surface area (Å²) in [4.78, 5) is 22.6. The van der Waals surface area contributed by atoms with Gasteiger partial charge in [0.15, 0.2) is 0 Å². The molecular formula is C14H18N2O5. The van der Waals surface area contributed by atoms with E-state index in [9.17, 15) is 20.0 Å². The first-order chi connectivity index (χ1) is 9.93. The van der Waals surface area contributed by atoms with Crippen LogP contribution >= 0.6 is 0 Å². The van der Waals surface area contributed by atoms with Gasteiger partial charge in [-0.15, -0.1) is 0 Å². The Morgan fingerprint density at radius 1 is 1.48 bits per heavy atom. The molecule has 1 aromatic rings. The van der Waals surface area contributed by atoms with Crippen LogP contribution in [0.2, 0.25) is 0 Å². The second-order valence-corrected chi connectivity index (χ2v) is 5.25. The van der Waals surface area contributed by atoms with Crippen LogP contribution in [0, 0.1) is 17.0 Å². The number of nitrogens with zero attached hydrogens (tertiary/aromatic N) is 1. The second-order valence-electron chi connectivity index (χ2n) is 5.25. The van der Waals surface area contributed by atoms with E-state index in [2.05, 4.69) is 5.32 Å². The predicted molar refractivity (Wildman–Crippen MR) is 75.2 cm³/mol. The Hall–Kier alpha value is -1.99. The lowest BCUT2D eigenvalue weighted by Crippen LogP contribution is -2.46. The summed E-state index contributed by atoms with van der Waals surface area (Å²) in [6.07, 6.45) is 0.867. The number of aryl methyl sites for hydroxylation is 1. The minimum Gasteiger partial charge on any atom is -0.388 e. The van der Waals surface area contributed by atoms with Crippen LogP contribution in [0.15, 0.2) is 18.2 Å². The zero-order valence-electron chi connectivity index (χ0n) is 11.8. The average Bonchev–Trinajstić information content (AvgIpc) is 2.45. The van der Waals surface area contributed by atoms with E-state index in [1.165, 1.54) is 12.1 Å². The molecule has 7 heteroatoms. The largest absolute Gasteiger partial charge is 0.388 e. The number of nitro groups is 1. The molecule has 0 aliphatic carbocycles. The van der Waals surface area contributed by atoms with E-state index in [4.69, 9.17) is 4.74 Å². The van der Waals surface area contributed by atoms with E-state index in [-0.39, 0.29) is 17.8 Å². The van der Waals surface area contributed by atoms with Gasteiger partial charge in [-0.3, -0.25) is 14.9 Å². The fourth-order valence-corrected chi connectivity index (χ4v) is 2.36. The van der Waals surface area contributed by atoms with Crippen LogP contribution in [-0.2, 0) is 4.74 Å². The number of amides is 1. The van der Waals surface area contributed by atoms with Crippen LogP contribution in [0.25, 0.3) is 0 Å². The third-order valence-electron chi connectivity index (χ3n) is 3.68. The van der Waals surface area contributed by atoms with Crippen molar-refractivity contribution in [2.24, 2.45) is 0 Å². The zero-order chi connectivity index (χ0) is 15.5. The first kappa shape index (κ1) is 15.4. The molecule has 1 saturated heterocycles. The maximum absolute atomic E-state index is 12.2. The molecule has 0 unspecified atom stereocenters. The van der Waals surface area contributed by atoms with E-state index in [0.29, 0.717) is 31.6 Å². The highest BCUT2D eigenvalue weighted by Gasteiger charge is 2.31. The molecule has 0 aromatic heterocycles. The topological polar surface area (TPSA) is 102 Å². The molecule has 114 valence electrons. The van der Waals surface area contributed by atoms with Crippen LogP contribution in [0.1, 0.15) is 28.8 Å². The summed E-state index contributed by atoms with van der Waals surface area (Å²) < 4.78 is 5.16. The lowest BCUT2D eigenvalue weighted by atomic mass is 9.94. The highest BCUT2D eigenvalue weighted by Crippen LogP contribution is 2.23. The molecule has 1 amide bonds. The third-order valence-corrected chi connectivity index (χ3v) is 3.68. The van der Waals surface area contributed by atoms with Crippen LogP contribution in [0.4, 0.5) is 5.69 Å². The van der Waals surface area contributed by atoms with Crippen molar-refractivity contribution in [3.05, 3.63) is 39.4 Å². The third kappa shape index (κ3) is 3.56. The molecule has 0 saturated carbocycles. The van der Waals surface area contributed by atoms with E-state index in [0.717, 1.165) is 0 Å². The molecule has 7 nitrogen and oxygen atoms in total. The van der Waals surface area contributed by atoms with Gasteiger partial charge in [-0.2, -0.15) is 0 Å². The first-order valence-electron chi connectivity index (χ1n) is 6.75. The van der Waals surface area contributed by atoms with Crippen molar-refractivity contribution in [2.75, 3.05) is 19.8 Å². The van der Waals surface area contributed by atoms with E-state index in [1.807, 2.05) is 0 Å². The number of nitro benzene ring substituents is 1. The van der Waals surface area contributed by atoms with Crippen molar-refractivity contribution in [1.82, 2.24) is 5.32 Å². The number of rotatable bonds is 4. The van der Waals surface area contributed by atoms with Gasteiger partial charge in [-0.25, -0.2) is 0 Å². The van der Waals surface area contributed by atoms with Gasteiger partial charge in [0.25, 0.3) is 11.6 Å². The molecule has 2 N–H and O–H groups in total. The number of hydrogen-bond donors (Lipinski definition) is 2. The molecule has 0 bridgehead atoms. The van der Waals surface area contributed by atoms with Gasteiger partial charge in [0, 0.05) is 38.7 Å². The number of ether oxygens (including phenoxy) is 1. The lowest BCUT2D eigenvalue weighted by molar-refractivity contribution is -0.385. The molecule has 0 atom stereocenters. The molecule has 0 radical (unpaired) electrons. The summed E-state index contributed by atoms with van der Waals surface area (Å²) in [7, 11) is 0. The summed E-state index contributed by atoms with van der Waals surface area (Å²) in [5.41, 5.74) is -0.670. The van der Waals surface area contributed by atoms with Gasteiger partial charge in [0.05, 0.1) is 10.5 Å². The maximum atomic E-state index is 12.2. The van der Waals surface area contributed by atoms with Crippen molar-refractivity contribution in [2.45, 2.75) is 25.4 Å². The summed E-state index contributed by atoms with van der Waals surface area (Å²) in [6.45, 7) is 2.58. The van der Waals surface area contributed by atoms with Crippen LogP contribution in [0.3, 0.4) is 0 Å². The molecule has 1 heterocycles. The van der Waals surface area contributed by atoms with Crippen LogP contribution in [0.5, 0.6) is 0 Å². The number of nitrogens with one attached hydrogen (secondary N) is 1. The summed E-state index contributed by atoms with van der Waals surface area (Å²) >= 11 is 0.